The lowest BCUT2D eigenvalue weighted by molar-refractivity contribution is -0.144. The second-order valence-electron chi connectivity index (χ2n) is 6.95. The smallest absolute Gasteiger partial charge is 0.277 e. The van der Waals surface area contributed by atoms with Gasteiger partial charge in [0.05, 0.1) is 12.7 Å². The SMILES string of the molecule is CCCCN1C(=O)C(=O)N(CN(C)C(c2ccccc2)c2ccccc2)C1=O. The highest BCUT2D eigenvalue weighted by Crippen LogP contribution is 2.28. The zero-order valence-corrected chi connectivity index (χ0v) is 16.2. The molecule has 1 aliphatic heterocycles. The van der Waals surface area contributed by atoms with Crippen LogP contribution < -0.4 is 0 Å². The Morgan fingerprint density at radius 2 is 1.32 bits per heavy atom. The minimum atomic E-state index is -0.757. The van der Waals surface area contributed by atoms with E-state index in [1.54, 1.807) is 0 Å². The molecule has 0 bridgehead atoms. The highest BCUT2D eigenvalue weighted by atomic mass is 16.2. The maximum atomic E-state index is 12.6. The lowest BCUT2D eigenvalue weighted by atomic mass is 9.98. The van der Waals surface area contributed by atoms with Crippen LogP contribution in [0.1, 0.15) is 36.9 Å². The molecule has 4 amide bonds. The summed E-state index contributed by atoms with van der Waals surface area (Å²) in [5.74, 6) is -1.49. The van der Waals surface area contributed by atoms with E-state index < -0.39 is 17.8 Å². The highest BCUT2D eigenvalue weighted by molar-refractivity contribution is 6.44. The quantitative estimate of drug-likeness (QED) is 0.522. The van der Waals surface area contributed by atoms with Gasteiger partial charge in [-0.1, -0.05) is 74.0 Å². The summed E-state index contributed by atoms with van der Waals surface area (Å²) in [4.78, 5) is 41.3. The summed E-state index contributed by atoms with van der Waals surface area (Å²) >= 11 is 0. The number of imide groups is 2. The van der Waals surface area contributed by atoms with Crippen LogP contribution in [0.3, 0.4) is 0 Å². The number of carbonyl (C=O) groups is 3. The summed E-state index contributed by atoms with van der Waals surface area (Å²) in [6, 6.07) is 19.1. The fourth-order valence-electron chi connectivity index (χ4n) is 3.47. The van der Waals surface area contributed by atoms with Gasteiger partial charge in [0.25, 0.3) is 0 Å². The Morgan fingerprint density at radius 1 is 0.821 bits per heavy atom. The summed E-state index contributed by atoms with van der Waals surface area (Å²) in [6.07, 6.45) is 1.53. The van der Waals surface area contributed by atoms with E-state index in [1.165, 1.54) is 0 Å². The van der Waals surface area contributed by atoms with Gasteiger partial charge in [-0.15, -0.1) is 0 Å². The molecule has 6 nitrogen and oxygen atoms in total. The van der Waals surface area contributed by atoms with Gasteiger partial charge in [-0.05, 0) is 24.6 Å². The highest BCUT2D eigenvalue weighted by Gasteiger charge is 2.44. The lowest BCUT2D eigenvalue weighted by Gasteiger charge is -2.31. The first-order chi connectivity index (χ1) is 13.5. The van der Waals surface area contributed by atoms with Gasteiger partial charge >= 0.3 is 17.8 Å². The second-order valence-corrected chi connectivity index (χ2v) is 6.95. The van der Waals surface area contributed by atoms with Crippen LogP contribution in [0.15, 0.2) is 60.7 Å². The Labute approximate surface area is 165 Å². The minimum absolute atomic E-state index is 0.0421. The third-order valence-electron chi connectivity index (χ3n) is 4.91. The first-order valence-corrected chi connectivity index (χ1v) is 9.52. The van der Waals surface area contributed by atoms with Gasteiger partial charge in [0.2, 0.25) is 0 Å². The Morgan fingerprint density at radius 3 is 1.82 bits per heavy atom. The number of hydrogen-bond donors (Lipinski definition) is 0. The van der Waals surface area contributed by atoms with E-state index in [4.69, 9.17) is 0 Å². The molecule has 0 N–H and O–H groups in total. The van der Waals surface area contributed by atoms with Gasteiger partial charge < -0.3 is 0 Å². The van der Waals surface area contributed by atoms with Crippen molar-refractivity contribution in [1.29, 1.82) is 0 Å². The van der Waals surface area contributed by atoms with E-state index in [1.807, 2.05) is 79.5 Å². The van der Waals surface area contributed by atoms with Gasteiger partial charge in [-0.25, -0.2) is 9.69 Å². The first kappa shape index (κ1) is 19.8. The van der Waals surface area contributed by atoms with Crippen LogP contribution in [-0.4, -0.2) is 52.8 Å². The van der Waals surface area contributed by atoms with E-state index >= 15 is 0 Å². The fourth-order valence-corrected chi connectivity index (χ4v) is 3.47. The molecule has 0 spiro atoms. The largest absolute Gasteiger partial charge is 0.335 e. The molecule has 28 heavy (non-hydrogen) atoms. The summed E-state index contributed by atoms with van der Waals surface area (Å²) < 4.78 is 0. The Balaban J connectivity index is 1.84. The maximum Gasteiger partial charge on any atom is 0.335 e. The van der Waals surface area contributed by atoms with Gasteiger partial charge in [0, 0.05) is 6.54 Å². The molecule has 0 saturated carbocycles. The van der Waals surface area contributed by atoms with Crippen LogP contribution in [0.5, 0.6) is 0 Å². The molecule has 6 heteroatoms. The zero-order chi connectivity index (χ0) is 20.1. The van der Waals surface area contributed by atoms with E-state index in [2.05, 4.69) is 0 Å². The molecule has 0 aromatic heterocycles. The fraction of sp³-hybridized carbons (Fsp3) is 0.318. The Kier molecular flexibility index (Phi) is 6.21. The maximum absolute atomic E-state index is 12.6. The molecule has 0 radical (unpaired) electrons. The monoisotopic (exact) mass is 379 g/mol. The Hall–Kier alpha value is -2.99. The van der Waals surface area contributed by atoms with Crippen molar-refractivity contribution in [3.63, 3.8) is 0 Å². The lowest BCUT2D eigenvalue weighted by Crippen LogP contribution is -2.42. The summed E-state index contributed by atoms with van der Waals surface area (Å²) in [7, 11) is 1.85. The first-order valence-electron chi connectivity index (χ1n) is 9.52. The predicted molar refractivity (Wildman–Crippen MR) is 106 cm³/mol. The second kappa shape index (κ2) is 8.80. The average Bonchev–Trinajstić information content (AvgIpc) is 2.91. The molecule has 1 saturated heterocycles. The van der Waals surface area contributed by atoms with Crippen LogP contribution in [0.4, 0.5) is 4.79 Å². The molecular weight excluding hydrogens is 354 g/mol. The number of amides is 4. The molecule has 3 rings (SSSR count). The minimum Gasteiger partial charge on any atom is -0.277 e. The van der Waals surface area contributed by atoms with Crippen molar-refractivity contribution < 1.29 is 14.4 Å². The van der Waals surface area contributed by atoms with Gasteiger partial charge in [-0.2, -0.15) is 0 Å². The average molecular weight is 379 g/mol. The van der Waals surface area contributed by atoms with E-state index in [-0.39, 0.29) is 19.3 Å². The molecule has 0 atom stereocenters. The molecule has 146 valence electrons. The van der Waals surface area contributed by atoms with Crippen LogP contribution in [-0.2, 0) is 9.59 Å². The number of carbonyl (C=O) groups excluding carboxylic acids is 3. The van der Waals surface area contributed by atoms with Crippen molar-refractivity contribution in [2.75, 3.05) is 20.3 Å². The van der Waals surface area contributed by atoms with E-state index in [9.17, 15) is 14.4 Å². The van der Waals surface area contributed by atoms with Crippen molar-refractivity contribution in [3.8, 4) is 0 Å². The third kappa shape index (κ3) is 3.97. The number of urea groups is 1. The van der Waals surface area contributed by atoms with Gasteiger partial charge in [0.1, 0.15) is 0 Å². The van der Waals surface area contributed by atoms with Gasteiger partial charge in [0.15, 0.2) is 0 Å². The van der Waals surface area contributed by atoms with Crippen LogP contribution in [0, 0.1) is 0 Å². The van der Waals surface area contributed by atoms with Crippen molar-refractivity contribution in [2.45, 2.75) is 25.8 Å². The van der Waals surface area contributed by atoms with Gasteiger partial charge in [-0.3, -0.25) is 19.4 Å². The van der Waals surface area contributed by atoms with Crippen LogP contribution in [0.2, 0.25) is 0 Å². The van der Waals surface area contributed by atoms with Crippen molar-refractivity contribution in [1.82, 2.24) is 14.7 Å². The molecule has 1 heterocycles. The zero-order valence-electron chi connectivity index (χ0n) is 16.2. The van der Waals surface area contributed by atoms with E-state index in [0.717, 1.165) is 27.3 Å². The predicted octanol–water partition coefficient (Wildman–Crippen LogP) is 3.26. The number of benzene rings is 2. The summed E-state index contributed by atoms with van der Waals surface area (Å²) in [5, 5.41) is 0. The van der Waals surface area contributed by atoms with E-state index in [0.29, 0.717) is 6.42 Å². The molecule has 0 aliphatic carbocycles. The summed E-state index contributed by atoms with van der Waals surface area (Å²) in [6.45, 7) is 2.30. The molecule has 2 aromatic carbocycles. The van der Waals surface area contributed by atoms with Crippen molar-refractivity contribution in [3.05, 3.63) is 71.8 Å². The molecule has 1 aliphatic rings. The number of unbranched alkanes of at least 4 members (excludes halogenated alkanes) is 1. The number of rotatable bonds is 8. The van der Waals surface area contributed by atoms with Crippen LogP contribution in [0.25, 0.3) is 0 Å². The van der Waals surface area contributed by atoms with Crippen LogP contribution >= 0.6 is 0 Å². The molecule has 0 unspecified atom stereocenters. The molecule has 2 aromatic rings. The number of hydrogen-bond acceptors (Lipinski definition) is 4. The topological polar surface area (TPSA) is 60.9 Å². The summed E-state index contributed by atoms with van der Waals surface area (Å²) in [5.41, 5.74) is 2.09. The van der Waals surface area contributed by atoms with Crippen molar-refractivity contribution in [2.24, 2.45) is 0 Å². The standard InChI is InChI=1S/C22H25N3O3/c1-3-4-15-24-20(26)21(27)25(22(24)28)16-23(2)19(17-11-7-5-8-12-17)18-13-9-6-10-14-18/h5-14,19H,3-4,15-16H2,1-2H3. The third-order valence-corrected chi connectivity index (χ3v) is 4.91. The normalized spacial score (nSPS) is 14.6. The molecule has 1 fully saturated rings. The van der Waals surface area contributed by atoms with Crippen molar-refractivity contribution >= 4 is 17.8 Å². The molecular formula is C22H25N3O3. The Bertz CT molecular complexity index is 799. The number of nitrogens with zero attached hydrogens (tertiary/aromatic N) is 3.